The number of halogens is 1. The van der Waals surface area contributed by atoms with E-state index in [2.05, 4.69) is 10.4 Å². The number of aryl methyl sites for hydroxylation is 1. The lowest BCUT2D eigenvalue weighted by atomic mass is 10.3. The molecule has 0 atom stereocenters. The molecule has 0 bridgehead atoms. The highest BCUT2D eigenvalue weighted by atomic mass is 35.5. The Kier molecular flexibility index (Phi) is 5.40. The molecule has 3 aromatic rings. The fourth-order valence-corrected chi connectivity index (χ4v) is 2.42. The van der Waals surface area contributed by atoms with Crippen molar-refractivity contribution in [1.82, 2.24) is 15.1 Å². The maximum atomic E-state index is 12.1. The maximum Gasteiger partial charge on any atom is 0.287 e. The number of benzene rings is 1. The Labute approximate surface area is 150 Å². The number of hydrogen-bond acceptors (Lipinski definition) is 4. The molecule has 7 heteroatoms. The molecule has 0 radical (unpaired) electrons. The van der Waals surface area contributed by atoms with Crippen molar-refractivity contribution in [2.24, 2.45) is 0 Å². The van der Waals surface area contributed by atoms with E-state index in [1.54, 1.807) is 35.1 Å². The second-order valence-electron chi connectivity index (χ2n) is 5.37. The van der Waals surface area contributed by atoms with E-state index < -0.39 is 0 Å². The number of nitrogens with zero attached hydrogens (tertiary/aromatic N) is 2. The molecule has 1 amide bonds. The average molecular weight is 360 g/mol. The molecule has 3 rings (SSSR count). The molecular formula is C18H18ClN3O3. The van der Waals surface area contributed by atoms with Crippen molar-refractivity contribution >= 4 is 17.5 Å². The summed E-state index contributed by atoms with van der Waals surface area (Å²) in [5, 5.41) is 7.49. The van der Waals surface area contributed by atoms with E-state index in [9.17, 15) is 4.79 Å². The number of furan rings is 1. The predicted molar refractivity (Wildman–Crippen MR) is 93.6 cm³/mol. The van der Waals surface area contributed by atoms with Crippen molar-refractivity contribution in [2.75, 3.05) is 0 Å². The SMILES string of the molecule is CCn1cc(CNC(=O)c2ccc(COc3ccccc3Cl)o2)cn1. The third-order valence-electron chi connectivity index (χ3n) is 3.56. The highest BCUT2D eigenvalue weighted by Crippen LogP contribution is 2.24. The highest BCUT2D eigenvalue weighted by molar-refractivity contribution is 6.32. The summed E-state index contributed by atoms with van der Waals surface area (Å²) in [6, 6.07) is 10.5. The molecule has 1 aromatic carbocycles. The van der Waals surface area contributed by atoms with Gasteiger partial charge in [-0.2, -0.15) is 5.10 Å². The summed E-state index contributed by atoms with van der Waals surface area (Å²) < 4.78 is 12.9. The molecule has 0 saturated carbocycles. The van der Waals surface area contributed by atoms with Gasteiger partial charge in [0.1, 0.15) is 18.1 Å². The Morgan fingerprint density at radius 2 is 2.16 bits per heavy atom. The normalized spacial score (nSPS) is 10.6. The Balaban J connectivity index is 1.53. The summed E-state index contributed by atoms with van der Waals surface area (Å²) in [4.78, 5) is 12.1. The molecule has 1 N–H and O–H groups in total. The molecule has 2 aromatic heterocycles. The standard InChI is InChI=1S/C18H18ClN3O3/c1-2-22-11-13(10-21-22)9-20-18(23)17-8-7-14(25-17)12-24-16-6-4-3-5-15(16)19/h3-8,10-11H,2,9,12H2,1H3,(H,20,23). The van der Waals surface area contributed by atoms with E-state index in [0.29, 0.717) is 23.1 Å². The fourth-order valence-electron chi connectivity index (χ4n) is 2.23. The lowest BCUT2D eigenvalue weighted by Gasteiger charge is -2.05. The second kappa shape index (κ2) is 7.90. The van der Waals surface area contributed by atoms with Gasteiger partial charge < -0.3 is 14.5 Å². The second-order valence-corrected chi connectivity index (χ2v) is 5.78. The number of para-hydroxylation sites is 1. The fraction of sp³-hybridized carbons (Fsp3) is 0.222. The third-order valence-corrected chi connectivity index (χ3v) is 3.87. The molecule has 130 valence electrons. The van der Waals surface area contributed by atoms with Gasteiger partial charge in [-0.05, 0) is 31.2 Å². The number of carbonyl (C=O) groups is 1. The van der Waals surface area contributed by atoms with E-state index in [4.69, 9.17) is 20.8 Å². The molecule has 0 aliphatic rings. The van der Waals surface area contributed by atoms with Crippen LogP contribution < -0.4 is 10.1 Å². The predicted octanol–water partition coefficient (Wildman–Crippen LogP) is 3.66. The van der Waals surface area contributed by atoms with Gasteiger partial charge in [0.15, 0.2) is 5.76 Å². The molecule has 0 spiro atoms. The Morgan fingerprint density at radius 3 is 2.92 bits per heavy atom. The summed E-state index contributed by atoms with van der Waals surface area (Å²) in [6.45, 7) is 3.39. The van der Waals surface area contributed by atoms with Crippen LogP contribution in [0.2, 0.25) is 5.02 Å². The van der Waals surface area contributed by atoms with Crippen LogP contribution in [0.15, 0.2) is 53.2 Å². The van der Waals surface area contributed by atoms with E-state index in [1.165, 1.54) is 0 Å². The lowest BCUT2D eigenvalue weighted by molar-refractivity contribution is 0.0919. The summed E-state index contributed by atoms with van der Waals surface area (Å²) in [7, 11) is 0. The number of carbonyl (C=O) groups excluding carboxylic acids is 1. The number of aromatic nitrogens is 2. The first-order chi connectivity index (χ1) is 12.2. The molecule has 0 aliphatic carbocycles. The highest BCUT2D eigenvalue weighted by Gasteiger charge is 2.12. The van der Waals surface area contributed by atoms with Gasteiger partial charge in [0, 0.05) is 24.8 Å². The summed E-state index contributed by atoms with van der Waals surface area (Å²) >= 11 is 6.03. The van der Waals surface area contributed by atoms with E-state index >= 15 is 0 Å². The van der Waals surface area contributed by atoms with Crippen LogP contribution in [0, 0.1) is 0 Å². The van der Waals surface area contributed by atoms with Crippen LogP contribution in [-0.2, 0) is 19.7 Å². The van der Waals surface area contributed by atoms with Crippen LogP contribution in [0.3, 0.4) is 0 Å². The van der Waals surface area contributed by atoms with Crippen LogP contribution in [0.4, 0.5) is 0 Å². The van der Waals surface area contributed by atoms with Gasteiger partial charge in [0.05, 0.1) is 11.2 Å². The van der Waals surface area contributed by atoms with Gasteiger partial charge in [-0.1, -0.05) is 23.7 Å². The molecule has 2 heterocycles. The Bertz CT molecular complexity index is 857. The third kappa shape index (κ3) is 4.42. The van der Waals surface area contributed by atoms with Crippen molar-refractivity contribution in [1.29, 1.82) is 0 Å². The molecule has 0 saturated heterocycles. The van der Waals surface area contributed by atoms with Crippen molar-refractivity contribution in [3.63, 3.8) is 0 Å². The van der Waals surface area contributed by atoms with Gasteiger partial charge in [-0.3, -0.25) is 9.48 Å². The molecule has 6 nitrogen and oxygen atoms in total. The zero-order valence-corrected chi connectivity index (χ0v) is 14.5. The van der Waals surface area contributed by atoms with Crippen LogP contribution in [0.5, 0.6) is 5.75 Å². The largest absolute Gasteiger partial charge is 0.484 e. The minimum absolute atomic E-state index is 0.195. The van der Waals surface area contributed by atoms with Crippen LogP contribution >= 0.6 is 11.6 Å². The first kappa shape index (κ1) is 17.1. The quantitative estimate of drug-likeness (QED) is 0.699. The van der Waals surface area contributed by atoms with Gasteiger partial charge in [-0.15, -0.1) is 0 Å². The van der Waals surface area contributed by atoms with Crippen LogP contribution in [0.25, 0.3) is 0 Å². The molecule has 0 unspecified atom stereocenters. The lowest BCUT2D eigenvalue weighted by Crippen LogP contribution is -2.22. The average Bonchev–Trinajstić information content (AvgIpc) is 3.28. The monoisotopic (exact) mass is 359 g/mol. The molecule has 25 heavy (non-hydrogen) atoms. The number of hydrogen-bond donors (Lipinski definition) is 1. The Morgan fingerprint density at radius 1 is 1.32 bits per heavy atom. The maximum absolute atomic E-state index is 12.1. The van der Waals surface area contributed by atoms with Crippen molar-refractivity contribution in [3.05, 3.63) is 70.9 Å². The zero-order chi connectivity index (χ0) is 17.6. The molecular weight excluding hydrogens is 342 g/mol. The van der Waals surface area contributed by atoms with Crippen LogP contribution in [0.1, 0.15) is 28.8 Å². The van der Waals surface area contributed by atoms with Gasteiger partial charge >= 0.3 is 0 Å². The van der Waals surface area contributed by atoms with E-state index in [0.717, 1.165) is 12.1 Å². The minimum Gasteiger partial charge on any atom is -0.484 e. The number of nitrogens with one attached hydrogen (secondary N) is 1. The van der Waals surface area contributed by atoms with Crippen molar-refractivity contribution in [2.45, 2.75) is 26.6 Å². The van der Waals surface area contributed by atoms with Crippen LogP contribution in [-0.4, -0.2) is 15.7 Å². The number of ether oxygens (including phenoxy) is 1. The first-order valence-electron chi connectivity index (χ1n) is 7.91. The molecule has 0 aliphatic heterocycles. The topological polar surface area (TPSA) is 69.3 Å². The van der Waals surface area contributed by atoms with Gasteiger partial charge in [-0.25, -0.2) is 0 Å². The van der Waals surface area contributed by atoms with Gasteiger partial charge in [0.25, 0.3) is 5.91 Å². The smallest absolute Gasteiger partial charge is 0.287 e. The zero-order valence-electron chi connectivity index (χ0n) is 13.7. The van der Waals surface area contributed by atoms with Crippen molar-refractivity contribution in [3.8, 4) is 5.75 Å². The van der Waals surface area contributed by atoms with Crippen molar-refractivity contribution < 1.29 is 13.9 Å². The Hall–Kier alpha value is -2.73. The van der Waals surface area contributed by atoms with E-state index in [-0.39, 0.29) is 18.3 Å². The van der Waals surface area contributed by atoms with E-state index in [1.807, 2.05) is 25.3 Å². The molecule has 0 fully saturated rings. The van der Waals surface area contributed by atoms with Gasteiger partial charge in [0.2, 0.25) is 0 Å². The summed E-state index contributed by atoms with van der Waals surface area (Å²) in [6.07, 6.45) is 3.63. The number of rotatable bonds is 7. The summed E-state index contributed by atoms with van der Waals surface area (Å²) in [5.41, 5.74) is 0.934. The number of amides is 1. The first-order valence-corrected chi connectivity index (χ1v) is 8.29. The minimum atomic E-state index is -0.284. The summed E-state index contributed by atoms with van der Waals surface area (Å²) in [5.74, 6) is 1.07.